The largest absolute Gasteiger partial charge is 0.474 e. The van der Waals surface area contributed by atoms with Gasteiger partial charge in [0.15, 0.2) is 5.67 Å². The van der Waals surface area contributed by atoms with E-state index in [1.165, 1.54) is 17.0 Å². The zero-order valence-corrected chi connectivity index (χ0v) is 14.1. The summed E-state index contributed by atoms with van der Waals surface area (Å²) >= 11 is 0. The second kappa shape index (κ2) is 6.75. The van der Waals surface area contributed by atoms with Crippen molar-refractivity contribution in [3.8, 4) is 5.88 Å². The Kier molecular flexibility index (Phi) is 5.11. The van der Waals surface area contributed by atoms with E-state index in [9.17, 15) is 9.18 Å². The third-order valence-corrected chi connectivity index (χ3v) is 3.48. The van der Waals surface area contributed by atoms with E-state index >= 15 is 4.39 Å². The van der Waals surface area contributed by atoms with E-state index in [1.807, 2.05) is 0 Å². The number of carbonyl (C=O) groups is 1. The average molecular weight is 340 g/mol. The maximum Gasteiger partial charge on any atom is 0.414 e. The summed E-state index contributed by atoms with van der Waals surface area (Å²) in [6, 6.07) is 2.51. The molecule has 2 heterocycles. The summed E-state index contributed by atoms with van der Waals surface area (Å²) in [5.74, 6) is -0.371. The highest BCUT2D eigenvalue weighted by molar-refractivity contribution is 5.70. The van der Waals surface area contributed by atoms with Crippen molar-refractivity contribution in [2.75, 3.05) is 13.2 Å². The number of allylic oxidation sites excluding steroid dienone is 1. The van der Waals surface area contributed by atoms with Crippen molar-refractivity contribution in [2.45, 2.75) is 44.9 Å². The fourth-order valence-corrected chi connectivity index (χ4v) is 2.26. The lowest BCUT2D eigenvalue weighted by atomic mass is 9.94. The molecule has 7 heteroatoms. The molecular formula is C17H22F2N2O3. The van der Waals surface area contributed by atoms with Crippen molar-refractivity contribution in [1.29, 1.82) is 0 Å². The van der Waals surface area contributed by atoms with Gasteiger partial charge < -0.3 is 9.47 Å². The van der Waals surface area contributed by atoms with E-state index in [0.29, 0.717) is 12.1 Å². The van der Waals surface area contributed by atoms with Crippen molar-refractivity contribution >= 4 is 6.09 Å². The molecule has 0 aromatic carbocycles. The maximum atomic E-state index is 15.0. The summed E-state index contributed by atoms with van der Waals surface area (Å²) in [7, 11) is 0. The first-order valence-corrected chi connectivity index (χ1v) is 7.70. The van der Waals surface area contributed by atoms with E-state index in [1.54, 1.807) is 20.8 Å². The molecule has 0 aliphatic carbocycles. The molecule has 1 aliphatic rings. The first-order chi connectivity index (χ1) is 11.1. The van der Waals surface area contributed by atoms with E-state index in [2.05, 4.69) is 11.6 Å². The third-order valence-electron chi connectivity index (χ3n) is 3.48. The van der Waals surface area contributed by atoms with E-state index in [-0.39, 0.29) is 25.5 Å². The first-order valence-electron chi connectivity index (χ1n) is 7.70. The highest BCUT2D eigenvalue weighted by Gasteiger charge is 2.41. The zero-order valence-electron chi connectivity index (χ0n) is 14.1. The molecular weight excluding hydrogens is 318 g/mol. The predicted octanol–water partition coefficient (Wildman–Crippen LogP) is 3.85. The average Bonchev–Trinajstić information content (AvgIpc) is 2.48. The van der Waals surface area contributed by atoms with Crippen LogP contribution in [0.25, 0.3) is 0 Å². The monoisotopic (exact) mass is 340 g/mol. The lowest BCUT2D eigenvalue weighted by molar-refractivity contribution is -0.00643. The lowest BCUT2D eigenvalue weighted by Crippen LogP contribution is -2.50. The van der Waals surface area contributed by atoms with Crippen LogP contribution in [0.15, 0.2) is 30.6 Å². The Morgan fingerprint density at radius 1 is 1.46 bits per heavy atom. The summed E-state index contributed by atoms with van der Waals surface area (Å²) in [6.45, 7) is 8.52. The number of carbonyl (C=O) groups excluding carboxylic acids is 1. The van der Waals surface area contributed by atoms with Gasteiger partial charge in [0.2, 0.25) is 5.88 Å². The third kappa shape index (κ3) is 4.91. The minimum atomic E-state index is -1.76. The number of alkyl halides is 1. The van der Waals surface area contributed by atoms with Gasteiger partial charge in [-0.2, -0.15) is 0 Å². The van der Waals surface area contributed by atoms with Gasteiger partial charge in [0, 0.05) is 11.8 Å². The molecule has 132 valence electrons. The Bertz CT molecular complexity index is 613. The van der Waals surface area contributed by atoms with Gasteiger partial charge >= 0.3 is 6.09 Å². The SMILES string of the molecule is C=C1CC[C@@](F)(COc2ccc(F)cn2)CN1C(=O)OC(C)(C)C. The molecule has 1 aliphatic heterocycles. The van der Waals surface area contributed by atoms with Crippen molar-refractivity contribution in [3.05, 3.63) is 36.4 Å². The van der Waals surface area contributed by atoms with Crippen molar-refractivity contribution < 1.29 is 23.0 Å². The topological polar surface area (TPSA) is 51.7 Å². The minimum absolute atomic E-state index is 0.127. The summed E-state index contributed by atoms with van der Waals surface area (Å²) < 4.78 is 38.4. The molecule has 0 radical (unpaired) electrons. The van der Waals surface area contributed by atoms with Crippen LogP contribution in [0.3, 0.4) is 0 Å². The molecule has 1 saturated heterocycles. The summed E-state index contributed by atoms with van der Waals surface area (Å²) in [5, 5.41) is 0. The lowest BCUT2D eigenvalue weighted by Gasteiger charge is -2.38. The van der Waals surface area contributed by atoms with Crippen LogP contribution in [0.5, 0.6) is 5.88 Å². The molecule has 0 spiro atoms. The molecule has 0 bridgehead atoms. The molecule has 1 amide bonds. The molecule has 0 unspecified atom stereocenters. The number of aromatic nitrogens is 1. The molecule has 0 saturated carbocycles. The van der Waals surface area contributed by atoms with Crippen LogP contribution in [0.1, 0.15) is 33.6 Å². The Morgan fingerprint density at radius 3 is 2.75 bits per heavy atom. The molecule has 1 atom stereocenters. The van der Waals surface area contributed by atoms with Crippen LogP contribution in [0, 0.1) is 5.82 Å². The molecule has 1 fully saturated rings. The van der Waals surface area contributed by atoms with Gasteiger partial charge in [-0.05, 0) is 39.7 Å². The zero-order chi connectivity index (χ0) is 18.0. The number of hydrogen-bond acceptors (Lipinski definition) is 4. The number of rotatable bonds is 3. The molecule has 1 aromatic heterocycles. The Hall–Kier alpha value is -2.18. The van der Waals surface area contributed by atoms with Gasteiger partial charge in [-0.1, -0.05) is 6.58 Å². The van der Waals surface area contributed by atoms with Crippen LogP contribution < -0.4 is 4.74 Å². The molecule has 5 nitrogen and oxygen atoms in total. The predicted molar refractivity (Wildman–Crippen MR) is 84.8 cm³/mol. The number of hydrogen-bond donors (Lipinski definition) is 0. The summed E-state index contributed by atoms with van der Waals surface area (Å²) in [6.07, 6.45) is 0.854. The van der Waals surface area contributed by atoms with Crippen LogP contribution in [0.4, 0.5) is 13.6 Å². The number of likely N-dealkylation sites (tertiary alicyclic amines) is 1. The number of ether oxygens (including phenoxy) is 2. The normalized spacial score (nSPS) is 21.5. The molecule has 1 aromatic rings. The van der Waals surface area contributed by atoms with Gasteiger partial charge in [-0.3, -0.25) is 4.90 Å². The van der Waals surface area contributed by atoms with Crippen molar-refractivity contribution in [2.24, 2.45) is 0 Å². The fraction of sp³-hybridized carbons (Fsp3) is 0.529. The second-order valence-corrected chi connectivity index (χ2v) is 6.89. The number of piperidine rings is 1. The smallest absolute Gasteiger partial charge is 0.414 e. The Labute approximate surface area is 140 Å². The Morgan fingerprint density at radius 2 is 2.17 bits per heavy atom. The molecule has 24 heavy (non-hydrogen) atoms. The van der Waals surface area contributed by atoms with Gasteiger partial charge in [0.1, 0.15) is 18.0 Å². The molecule has 0 N–H and O–H groups in total. The van der Waals surface area contributed by atoms with Gasteiger partial charge in [-0.25, -0.2) is 18.6 Å². The Balaban J connectivity index is 2.00. The number of pyridine rings is 1. The van der Waals surface area contributed by atoms with Gasteiger partial charge in [0.25, 0.3) is 0 Å². The number of nitrogens with zero attached hydrogens (tertiary/aromatic N) is 2. The van der Waals surface area contributed by atoms with E-state index < -0.39 is 23.2 Å². The van der Waals surface area contributed by atoms with Crippen LogP contribution >= 0.6 is 0 Å². The second-order valence-electron chi connectivity index (χ2n) is 6.89. The first kappa shape index (κ1) is 18.2. The number of amides is 1. The van der Waals surface area contributed by atoms with Crippen molar-refractivity contribution in [3.63, 3.8) is 0 Å². The maximum absolute atomic E-state index is 15.0. The number of halogens is 2. The summed E-state index contributed by atoms with van der Waals surface area (Å²) in [5.41, 5.74) is -1.92. The highest BCUT2D eigenvalue weighted by atomic mass is 19.1. The van der Waals surface area contributed by atoms with E-state index in [0.717, 1.165) is 6.20 Å². The van der Waals surface area contributed by atoms with Crippen LogP contribution in [-0.4, -0.2) is 40.4 Å². The highest BCUT2D eigenvalue weighted by Crippen LogP contribution is 2.32. The van der Waals surface area contributed by atoms with Crippen LogP contribution in [0.2, 0.25) is 0 Å². The fourth-order valence-electron chi connectivity index (χ4n) is 2.26. The standard InChI is InChI=1S/C17H22F2N2O3/c1-12-7-8-17(19,10-21(12)15(22)24-16(2,3)4)11-23-14-6-5-13(18)9-20-14/h5-6,9H,1,7-8,10-11H2,2-4H3/t17-/m0/s1. The molecule has 2 rings (SSSR count). The summed E-state index contributed by atoms with van der Waals surface area (Å²) in [4.78, 5) is 17.1. The minimum Gasteiger partial charge on any atom is -0.474 e. The van der Waals surface area contributed by atoms with Crippen molar-refractivity contribution in [1.82, 2.24) is 9.88 Å². The van der Waals surface area contributed by atoms with Gasteiger partial charge in [0.05, 0.1) is 12.7 Å². The van der Waals surface area contributed by atoms with E-state index in [4.69, 9.17) is 9.47 Å². The van der Waals surface area contributed by atoms with Crippen LogP contribution in [-0.2, 0) is 4.74 Å². The quantitative estimate of drug-likeness (QED) is 0.839. The van der Waals surface area contributed by atoms with Gasteiger partial charge in [-0.15, -0.1) is 0 Å².